The molecule has 0 atom stereocenters. The summed E-state index contributed by atoms with van der Waals surface area (Å²) in [7, 11) is 0. The van der Waals surface area contributed by atoms with Crippen LogP contribution in [0.25, 0.3) is 0 Å². The molecule has 0 saturated carbocycles. The van der Waals surface area contributed by atoms with Crippen LogP contribution in [0.1, 0.15) is 0 Å². The van der Waals surface area contributed by atoms with Crippen molar-refractivity contribution in [1.29, 1.82) is 0 Å². The van der Waals surface area contributed by atoms with E-state index in [9.17, 15) is 4.79 Å². The third-order valence-electron chi connectivity index (χ3n) is 1.03. The van der Waals surface area contributed by atoms with E-state index in [-0.39, 0.29) is 19.5 Å². The van der Waals surface area contributed by atoms with Gasteiger partial charge in [0, 0.05) is 25.2 Å². The first kappa shape index (κ1) is 10.1. The molecule has 1 amide bonds. The molecule has 54 valence electrons. The minimum atomic E-state index is -1.04. The van der Waals surface area contributed by atoms with Crippen molar-refractivity contribution < 1.29 is 29.4 Å². The number of carbonyl (C=O) groups is 1. The number of nitrogens with one attached hydrogen (secondary N) is 1. The van der Waals surface area contributed by atoms with Gasteiger partial charge in [0.1, 0.15) is 0 Å². The first-order valence-corrected chi connectivity index (χ1v) is 2.84. The smallest absolute Gasteiger partial charge is 0.409 e. The predicted octanol–water partition coefficient (Wildman–Crippen LogP) is 1.77. The van der Waals surface area contributed by atoms with Gasteiger partial charge in [-0.15, -0.1) is 0 Å². The van der Waals surface area contributed by atoms with Gasteiger partial charge in [-0.1, -0.05) is 18.2 Å². The van der Waals surface area contributed by atoms with Crippen LogP contribution in [0.5, 0.6) is 0 Å². The maximum Gasteiger partial charge on any atom is 0.409 e. The summed E-state index contributed by atoms with van der Waals surface area (Å²) in [4.78, 5) is 10.1. The zero-order valence-corrected chi connectivity index (χ0v) is 8.92. The molecule has 1 rings (SSSR count). The Labute approximate surface area is 77.2 Å². The molecule has 0 spiro atoms. The molecule has 0 fully saturated rings. The van der Waals surface area contributed by atoms with Crippen molar-refractivity contribution in [2.24, 2.45) is 0 Å². The Morgan fingerprint density at radius 1 is 1.27 bits per heavy atom. The molecule has 0 aliphatic carbocycles. The van der Waals surface area contributed by atoms with Gasteiger partial charge < -0.3 is 5.11 Å². The summed E-state index contributed by atoms with van der Waals surface area (Å²) in [5.74, 6) is 0. The van der Waals surface area contributed by atoms with E-state index in [1.165, 1.54) is 0 Å². The Morgan fingerprint density at radius 2 is 1.82 bits per heavy atom. The third kappa shape index (κ3) is 3.73. The summed E-state index contributed by atoms with van der Waals surface area (Å²) in [5.41, 5.74) is 0.593. The van der Waals surface area contributed by atoms with Gasteiger partial charge in [-0.05, 0) is 12.1 Å². The first-order valence-electron chi connectivity index (χ1n) is 2.84. The molecule has 11 heavy (non-hydrogen) atoms. The van der Waals surface area contributed by atoms with Crippen LogP contribution < -0.4 is 5.32 Å². The molecule has 1 aromatic carbocycles. The van der Waals surface area contributed by atoms with Gasteiger partial charge in [-0.3, -0.25) is 5.32 Å². The Balaban J connectivity index is 0.000001000. The van der Waals surface area contributed by atoms with E-state index in [4.69, 9.17) is 5.11 Å². The Bertz CT molecular complexity index is 225. The quantitative estimate of drug-likeness (QED) is 0.682. The van der Waals surface area contributed by atoms with Crippen LogP contribution >= 0.6 is 0 Å². The summed E-state index contributed by atoms with van der Waals surface area (Å²) >= 11 is 0. The van der Waals surface area contributed by atoms with Crippen molar-refractivity contribution in [2.75, 3.05) is 5.32 Å². The summed E-state index contributed by atoms with van der Waals surface area (Å²) < 4.78 is 0. The molecule has 4 heteroatoms. The molecule has 2 N–H and O–H groups in total. The second-order valence-corrected chi connectivity index (χ2v) is 1.80. The van der Waals surface area contributed by atoms with Gasteiger partial charge >= 0.3 is 6.09 Å². The zero-order valence-electron chi connectivity index (χ0n) is 5.95. The monoisotopic (exact) mass is 201 g/mol. The number of rotatable bonds is 1. The third-order valence-corrected chi connectivity index (χ3v) is 1.03. The molecular formula is C7H7NO2Zn. The van der Waals surface area contributed by atoms with Gasteiger partial charge in [0.05, 0.1) is 0 Å². The average molecular weight is 203 g/mol. The van der Waals surface area contributed by atoms with E-state index in [1.807, 2.05) is 6.07 Å². The van der Waals surface area contributed by atoms with E-state index >= 15 is 0 Å². The van der Waals surface area contributed by atoms with Gasteiger partial charge in [0.25, 0.3) is 0 Å². The molecule has 0 saturated heterocycles. The van der Waals surface area contributed by atoms with E-state index in [1.54, 1.807) is 24.3 Å². The van der Waals surface area contributed by atoms with Gasteiger partial charge in [-0.2, -0.15) is 0 Å². The fourth-order valence-corrected chi connectivity index (χ4v) is 0.645. The van der Waals surface area contributed by atoms with Crippen LogP contribution in [0.15, 0.2) is 30.3 Å². The molecule has 0 unspecified atom stereocenters. The van der Waals surface area contributed by atoms with Crippen molar-refractivity contribution in [1.82, 2.24) is 0 Å². The summed E-state index contributed by atoms with van der Waals surface area (Å²) in [5, 5.41) is 10.5. The number of anilines is 1. The maximum absolute atomic E-state index is 10.1. The summed E-state index contributed by atoms with van der Waals surface area (Å²) in [6, 6.07) is 8.74. The molecule has 0 bridgehead atoms. The van der Waals surface area contributed by atoms with Crippen LogP contribution in [0.4, 0.5) is 10.5 Å². The van der Waals surface area contributed by atoms with Crippen LogP contribution in [0, 0.1) is 0 Å². The van der Waals surface area contributed by atoms with Crippen molar-refractivity contribution in [2.45, 2.75) is 0 Å². The van der Waals surface area contributed by atoms with Crippen LogP contribution in [0.2, 0.25) is 0 Å². The number of para-hydroxylation sites is 1. The van der Waals surface area contributed by atoms with Crippen LogP contribution in [0.3, 0.4) is 0 Å². The summed E-state index contributed by atoms with van der Waals surface area (Å²) in [6.45, 7) is 0. The molecule has 0 aliphatic heterocycles. The molecule has 3 nitrogen and oxygen atoms in total. The molecule has 0 aromatic heterocycles. The molecule has 0 aliphatic rings. The Hall–Kier alpha value is -0.887. The SMILES string of the molecule is O=C(O)Nc1ccccc1.[Zn]. The zero-order chi connectivity index (χ0) is 7.40. The summed E-state index contributed by atoms with van der Waals surface area (Å²) in [6.07, 6.45) is -1.04. The molecule has 0 heterocycles. The number of amides is 1. The van der Waals surface area contributed by atoms with Gasteiger partial charge in [-0.25, -0.2) is 4.79 Å². The first-order chi connectivity index (χ1) is 4.79. The molecule has 1 aromatic rings. The number of carboxylic acid groups (broad SMARTS) is 1. The second kappa shape index (κ2) is 4.86. The predicted molar refractivity (Wildman–Crippen MR) is 38.1 cm³/mol. The maximum atomic E-state index is 10.1. The van der Waals surface area contributed by atoms with Gasteiger partial charge in [0.2, 0.25) is 0 Å². The number of hydrogen-bond donors (Lipinski definition) is 2. The number of benzene rings is 1. The van der Waals surface area contributed by atoms with E-state index < -0.39 is 6.09 Å². The minimum Gasteiger partial charge on any atom is -0.465 e. The van der Waals surface area contributed by atoms with Crippen LogP contribution in [-0.4, -0.2) is 11.2 Å². The van der Waals surface area contributed by atoms with E-state index in [2.05, 4.69) is 5.32 Å². The minimum absolute atomic E-state index is 0. The van der Waals surface area contributed by atoms with Gasteiger partial charge in [0.15, 0.2) is 0 Å². The average Bonchev–Trinajstić information content (AvgIpc) is 1.88. The largest absolute Gasteiger partial charge is 0.465 e. The van der Waals surface area contributed by atoms with Crippen molar-refractivity contribution in [3.8, 4) is 0 Å². The normalized spacial score (nSPS) is 8.00. The van der Waals surface area contributed by atoms with E-state index in [0.717, 1.165) is 0 Å². The Kier molecular flexibility index (Phi) is 4.47. The standard InChI is InChI=1S/C7H7NO2.Zn/c9-7(10)8-6-4-2-1-3-5-6;/h1-5,8H,(H,9,10);. The Morgan fingerprint density at radius 3 is 2.27 bits per heavy atom. The fraction of sp³-hybridized carbons (Fsp3) is 0. The van der Waals surface area contributed by atoms with E-state index in [0.29, 0.717) is 5.69 Å². The fourth-order valence-electron chi connectivity index (χ4n) is 0.645. The topological polar surface area (TPSA) is 49.3 Å². The molecular weight excluding hydrogens is 195 g/mol. The number of hydrogen-bond acceptors (Lipinski definition) is 1. The second-order valence-electron chi connectivity index (χ2n) is 1.80. The van der Waals surface area contributed by atoms with Crippen molar-refractivity contribution in [3.05, 3.63) is 30.3 Å². The van der Waals surface area contributed by atoms with Crippen molar-refractivity contribution >= 4 is 11.8 Å². The van der Waals surface area contributed by atoms with Crippen molar-refractivity contribution in [3.63, 3.8) is 0 Å². The van der Waals surface area contributed by atoms with Crippen LogP contribution in [-0.2, 0) is 19.5 Å². The molecule has 0 radical (unpaired) electrons.